The van der Waals surface area contributed by atoms with Crippen molar-refractivity contribution in [1.29, 1.82) is 0 Å². The zero-order chi connectivity index (χ0) is 12.3. The summed E-state index contributed by atoms with van der Waals surface area (Å²) in [5, 5.41) is 15.7. The average molecular weight is 227 g/mol. The highest BCUT2D eigenvalue weighted by molar-refractivity contribution is 5.94. The van der Waals surface area contributed by atoms with E-state index in [1.54, 1.807) is 0 Å². The van der Waals surface area contributed by atoms with Crippen LogP contribution in [0.2, 0.25) is 0 Å². The molecule has 16 heavy (non-hydrogen) atoms. The summed E-state index contributed by atoms with van der Waals surface area (Å²) in [7, 11) is 0. The molecule has 0 bridgehead atoms. The Kier molecular flexibility index (Phi) is 3.91. The van der Waals surface area contributed by atoms with Crippen LogP contribution in [0.1, 0.15) is 33.6 Å². The molecule has 0 spiro atoms. The Bertz CT molecular complexity index is 291. The van der Waals surface area contributed by atoms with Gasteiger partial charge in [-0.15, -0.1) is 0 Å². The van der Waals surface area contributed by atoms with Crippen molar-refractivity contribution in [2.24, 2.45) is 5.92 Å². The second-order valence-electron chi connectivity index (χ2n) is 4.38. The van der Waals surface area contributed by atoms with Gasteiger partial charge in [-0.2, -0.15) is 0 Å². The van der Waals surface area contributed by atoms with E-state index < -0.39 is 17.6 Å². The molecule has 1 radical (unpaired) electrons. The fraction of sp³-hybridized carbons (Fsp3) is 0.818. The molecule has 0 aromatic rings. The number of rotatable bonds is 4. The van der Waals surface area contributed by atoms with Gasteiger partial charge in [0, 0.05) is 6.54 Å². The van der Waals surface area contributed by atoms with Gasteiger partial charge in [-0.3, -0.25) is 9.59 Å². The largest absolute Gasteiger partial charge is 0.384 e. The van der Waals surface area contributed by atoms with Crippen LogP contribution in [0.5, 0.6) is 0 Å². The predicted octanol–water partition coefficient (Wildman–Crippen LogP) is -0.197. The first-order valence-electron chi connectivity index (χ1n) is 5.66. The highest BCUT2D eigenvalue weighted by Crippen LogP contribution is 2.28. The molecule has 0 aromatic carbocycles. The summed E-state index contributed by atoms with van der Waals surface area (Å²) in [6.45, 7) is 5.72. The van der Waals surface area contributed by atoms with Crippen molar-refractivity contribution in [3.63, 3.8) is 0 Å². The van der Waals surface area contributed by atoms with Crippen molar-refractivity contribution >= 4 is 11.8 Å². The molecule has 1 fully saturated rings. The van der Waals surface area contributed by atoms with Gasteiger partial charge >= 0.3 is 0 Å². The summed E-state index contributed by atoms with van der Waals surface area (Å²) in [4.78, 5) is 23.3. The molecule has 2 amide bonds. The molecule has 1 aliphatic heterocycles. The number of carbonyl (C=O) groups is 2. The molecule has 1 saturated heterocycles. The Balaban J connectivity index is 2.88. The van der Waals surface area contributed by atoms with Crippen molar-refractivity contribution in [2.75, 3.05) is 6.54 Å². The zero-order valence-electron chi connectivity index (χ0n) is 9.99. The summed E-state index contributed by atoms with van der Waals surface area (Å²) in [5.41, 5.74) is -0.900. The topological polar surface area (TPSA) is 80.5 Å². The number of aliphatic hydroxyl groups excluding tert-OH is 1. The quantitative estimate of drug-likeness (QED) is 0.698. The normalized spacial score (nSPS) is 28.4. The SMILES string of the molecule is CCC(C)C1(NC(=O)C(C)O)CC[N]C1=O. The van der Waals surface area contributed by atoms with Crippen LogP contribution >= 0.6 is 0 Å². The van der Waals surface area contributed by atoms with Crippen molar-refractivity contribution in [1.82, 2.24) is 10.6 Å². The van der Waals surface area contributed by atoms with Gasteiger partial charge in [-0.1, -0.05) is 20.3 Å². The fourth-order valence-electron chi connectivity index (χ4n) is 1.95. The van der Waals surface area contributed by atoms with Gasteiger partial charge in [-0.05, 0) is 19.3 Å². The smallest absolute Gasteiger partial charge is 0.267 e. The van der Waals surface area contributed by atoms with Gasteiger partial charge in [0.1, 0.15) is 11.6 Å². The van der Waals surface area contributed by atoms with Gasteiger partial charge in [0.2, 0.25) is 5.91 Å². The summed E-state index contributed by atoms with van der Waals surface area (Å²) in [6, 6.07) is 0. The van der Waals surface area contributed by atoms with E-state index in [0.29, 0.717) is 13.0 Å². The van der Waals surface area contributed by atoms with Gasteiger partial charge in [-0.25, -0.2) is 5.32 Å². The molecule has 1 heterocycles. The maximum Gasteiger partial charge on any atom is 0.267 e. The van der Waals surface area contributed by atoms with Crippen LogP contribution in [0.25, 0.3) is 0 Å². The molecule has 0 aliphatic carbocycles. The van der Waals surface area contributed by atoms with Gasteiger partial charge in [0.15, 0.2) is 0 Å². The van der Waals surface area contributed by atoms with Crippen LogP contribution in [-0.4, -0.2) is 35.1 Å². The van der Waals surface area contributed by atoms with Gasteiger partial charge in [0.25, 0.3) is 5.91 Å². The number of amides is 2. The Morgan fingerprint density at radius 3 is 2.62 bits per heavy atom. The lowest BCUT2D eigenvalue weighted by atomic mass is 9.81. The molecule has 0 saturated carbocycles. The number of aliphatic hydroxyl groups is 1. The monoisotopic (exact) mass is 227 g/mol. The predicted molar refractivity (Wildman–Crippen MR) is 58.6 cm³/mol. The lowest BCUT2D eigenvalue weighted by Gasteiger charge is -2.33. The molecular weight excluding hydrogens is 208 g/mol. The highest BCUT2D eigenvalue weighted by Gasteiger charge is 2.48. The van der Waals surface area contributed by atoms with Gasteiger partial charge in [0.05, 0.1) is 0 Å². The first kappa shape index (κ1) is 13.0. The van der Waals surface area contributed by atoms with Crippen LogP contribution in [-0.2, 0) is 9.59 Å². The molecular formula is C11H19N2O3. The third-order valence-corrected chi connectivity index (χ3v) is 3.32. The summed E-state index contributed by atoms with van der Waals surface area (Å²) in [5.74, 6) is -0.754. The van der Waals surface area contributed by atoms with E-state index >= 15 is 0 Å². The van der Waals surface area contributed by atoms with Crippen LogP contribution in [0.15, 0.2) is 0 Å². The van der Waals surface area contributed by atoms with Gasteiger partial charge < -0.3 is 10.4 Å². The third kappa shape index (κ3) is 2.19. The number of hydrogen-bond acceptors (Lipinski definition) is 3. The van der Waals surface area contributed by atoms with Crippen molar-refractivity contribution < 1.29 is 14.7 Å². The second-order valence-corrected chi connectivity index (χ2v) is 4.38. The minimum Gasteiger partial charge on any atom is -0.384 e. The molecule has 5 nitrogen and oxygen atoms in total. The first-order chi connectivity index (χ1) is 7.44. The van der Waals surface area contributed by atoms with E-state index in [1.807, 2.05) is 13.8 Å². The Labute approximate surface area is 95.6 Å². The van der Waals surface area contributed by atoms with E-state index in [4.69, 9.17) is 0 Å². The zero-order valence-corrected chi connectivity index (χ0v) is 9.99. The molecule has 3 atom stereocenters. The van der Waals surface area contributed by atoms with E-state index in [1.165, 1.54) is 6.92 Å². The maximum atomic E-state index is 11.8. The summed E-state index contributed by atoms with van der Waals surface area (Å²) in [6.07, 6.45) is 0.204. The molecule has 2 N–H and O–H groups in total. The standard InChI is InChI=1S/C11H19N2O3/c1-4-7(2)11(5-6-12-10(11)16)13-9(15)8(3)14/h7-8,14H,4-6H2,1-3H3,(H,13,15). The highest BCUT2D eigenvalue weighted by atomic mass is 16.3. The number of nitrogens with one attached hydrogen (secondary N) is 1. The Morgan fingerprint density at radius 2 is 2.25 bits per heavy atom. The Morgan fingerprint density at radius 1 is 1.62 bits per heavy atom. The lowest BCUT2D eigenvalue weighted by Crippen LogP contribution is -2.58. The second kappa shape index (κ2) is 4.82. The van der Waals surface area contributed by atoms with Crippen LogP contribution < -0.4 is 10.6 Å². The van der Waals surface area contributed by atoms with E-state index in [0.717, 1.165) is 6.42 Å². The van der Waals surface area contributed by atoms with E-state index in [2.05, 4.69) is 10.6 Å². The van der Waals surface area contributed by atoms with Crippen LogP contribution in [0.4, 0.5) is 0 Å². The summed E-state index contributed by atoms with van der Waals surface area (Å²) < 4.78 is 0. The van der Waals surface area contributed by atoms with Crippen molar-refractivity contribution in [3.05, 3.63) is 0 Å². The molecule has 0 aromatic heterocycles. The average Bonchev–Trinajstić information content (AvgIpc) is 2.60. The van der Waals surface area contributed by atoms with Crippen molar-refractivity contribution in [3.8, 4) is 0 Å². The fourth-order valence-corrected chi connectivity index (χ4v) is 1.95. The minimum absolute atomic E-state index is 0.0222. The summed E-state index contributed by atoms with van der Waals surface area (Å²) >= 11 is 0. The molecule has 3 unspecified atom stereocenters. The van der Waals surface area contributed by atoms with Crippen LogP contribution in [0, 0.1) is 5.92 Å². The Hall–Kier alpha value is -1.10. The minimum atomic E-state index is -1.10. The third-order valence-electron chi connectivity index (χ3n) is 3.32. The molecule has 1 aliphatic rings. The maximum absolute atomic E-state index is 11.8. The molecule has 5 heteroatoms. The number of carbonyl (C=O) groups excluding carboxylic acids is 2. The van der Waals surface area contributed by atoms with Crippen molar-refractivity contribution in [2.45, 2.75) is 45.3 Å². The number of nitrogens with zero attached hydrogens (tertiary/aromatic N) is 1. The number of hydrogen-bond donors (Lipinski definition) is 2. The molecule has 1 rings (SSSR count). The van der Waals surface area contributed by atoms with E-state index in [9.17, 15) is 14.7 Å². The van der Waals surface area contributed by atoms with E-state index in [-0.39, 0.29) is 11.8 Å². The molecule has 91 valence electrons. The lowest BCUT2D eigenvalue weighted by molar-refractivity contribution is -0.137. The van der Waals surface area contributed by atoms with Crippen LogP contribution in [0.3, 0.4) is 0 Å². The first-order valence-corrected chi connectivity index (χ1v) is 5.66.